The fourth-order valence-electron chi connectivity index (χ4n) is 1.14. The third-order valence-electron chi connectivity index (χ3n) is 1.80. The molecule has 1 N–H and O–H groups in total. The van der Waals surface area contributed by atoms with Crippen molar-refractivity contribution in [3.8, 4) is 0 Å². The van der Waals surface area contributed by atoms with E-state index in [-0.39, 0.29) is 32.7 Å². The molecule has 0 saturated heterocycles. The number of anilines is 1. The Morgan fingerprint density at radius 1 is 1.25 bits per heavy atom. The molecule has 0 atom stereocenters. The molecule has 16 heavy (non-hydrogen) atoms. The van der Waals surface area contributed by atoms with E-state index in [9.17, 15) is 0 Å². The van der Waals surface area contributed by atoms with Gasteiger partial charge in [0.2, 0.25) is 0 Å². The van der Waals surface area contributed by atoms with Gasteiger partial charge in [0.25, 0.3) is 0 Å². The van der Waals surface area contributed by atoms with Gasteiger partial charge in [-0.2, -0.15) is 0 Å². The first-order chi connectivity index (χ1) is 7.45. The fourth-order valence-corrected chi connectivity index (χ4v) is 1.75. The van der Waals surface area contributed by atoms with Crippen LogP contribution < -0.4 is 10.4 Å². The number of nitrogens with zero attached hydrogens (tertiary/aromatic N) is 3. The predicted octanol–water partition coefficient (Wildman–Crippen LogP) is 1.64. The van der Waals surface area contributed by atoms with Crippen molar-refractivity contribution in [1.29, 1.82) is 0 Å². The van der Waals surface area contributed by atoms with E-state index in [1.54, 1.807) is 11.8 Å². The van der Waals surface area contributed by atoms with Crippen molar-refractivity contribution >= 4 is 17.4 Å². The summed E-state index contributed by atoms with van der Waals surface area (Å²) >= 11 is 1.60. The van der Waals surface area contributed by atoms with E-state index in [1.165, 1.54) is 6.33 Å². The number of hydrogen-bond acceptors (Lipinski definition) is 4. The SMILES string of the molecule is [Y+3].c1ccc(NCCSc2nc[n-]n2)cc1. The molecule has 0 saturated carbocycles. The van der Waals surface area contributed by atoms with Crippen LogP contribution in [0, 0.1) is 0 Å². The second-order valence-electron chi connectivity index (χ2n) is 2.88. The van der Waals surface area contributed by atoms with E-state index in [1.807, 2.05) is 30.3 Å². The zero-order valence-electron chi connectivity index (χ0n) is 8.71. The van der Waals surface area contributed by atoms with Crippen molar-refractivity contribution in [2.24, 2.45) is 0 Å². The molecule has 2 rings (SSSR count). The maximum absolute atomic E-state index is 3.97. The molecule has 0 aliphatic rings. The average Bonchev–Trinajstić information content (AvgIpc) is 2.79. The summed E-state index contributed by atoms with van der Waals surface area (Å²) in [6.45, 7) is 0.892. The van der Waals surface area contributed by atoms with Crippen molar-refractivity contribution in [3.63, 3.8) is 0 Å². The molecule has 0 spiro atoms. The molecular formula is C10H11N4SY+2. The molecule has 4 nitrogen and oxygen atoms in total. The molecule has 0 aliphatic heterocycles. The van der Waals surface area contributed by atoms with Gasteiger partial charge in [-0.3, -0.25) is 5.10 Å². The van der Waals surface area contributed by atoms with Crippen LogP contribution in [0.5, 0.6) is 0 Å². The van der Waals surface area contributed by atoms with E-state index in [2.05, 4.69) is 20.5 Å². The van der Waals surface area contributed by atoms with Gasteiger partial charge in [-0.05, 0) is 12.1 Å². The Morgan fingerprint density at radius 3 is 2.75 bits per heavy atom. The Hall–Kier alpha value is -0.386. The largest absolute Gasteiger partial charge is 3.00 e. The van der Waals surface area contributed by atoms with Crippen LogP contribution in [0.25, 0.3) is 0 Å². The summed E-state index contributed by atoms with van der Waals surface area (Å²) in [6.07, 6.45) is 1.47. The summed E-state index contributed by atoms with van der Waals surface area (Å²) < 4.78 is 0. The minimum absolute atomic E-state index is 0. The normalized spacial score (nSPS) is 9.50. The van der Waals surface area contributed by atoms with Crippen molar-refractivity contribution in [1.82, 2.24) is 15.2 Å². The van der Waals surface area contributed by atoms with Crippen molar-refractivity contribution in [2.45, 2.75) is 5.16 Å². The van der Waals surface area contributed by atoms with Gasteiger partial charge in [0.15, 0.2) is 0 Å². The smallest absolute Gasteiger partial charge is 0.420 e. The number of benzene rings is 1. The van der Waals surface area contributed by atoms with Crippen LogP contribution >= 0.6 is 11.8 Å². The minimum atomic E-state index is 0. The van der Waals surface area contributed by atoms with Crippen molar-refractivity contribution < 1.29 is 32.7 Å². The van der Waals surface area contributed by atoms with E-state index < -0.39 is 0 Å². The van der Waals surface area contributed by atoms with Gasteiger partial charge < -0.3 is 15.4 Å². The predicted molar refractivity (Wildman–Crippen MR) is 61.0 cm³/mol. The Bertz CT molecular complexity index is 379. The van der Waals surface area contributed by atoms with Gasteiger partial charge in [-0.1, -0.05) is 24.5 Å². The van der Waals surface area contributed by atoms with Crippen LogP contribution in [0.4, 0.5) is 5.69 Å². The Morgan fingerprint density at radius 2 is 2.06 bits per heavy atom. The molecule has 0 fully saturated rings. The molecule has 0 aliphatic carbocycles. The van der Waals surface area contributed by atoms with Crippen molar-refractivity contribution in [2.75, 3.05) is 17.6 Å². The van der Waals surface area contributed by atoms with Crippen LogP contribution in [0.1, 0.15) is 0 Å². The molecule has 1 aromatic carbocycles. The molecule has 1 heterocycles. The molecule has 0 amide bonds. The molecule has 2 aromatic rings. The first kappa shape index (κ1) is 13.7. The van der Waals surface area contributed by atoms with Crippen LogP contribution in [-0.4, -0.2) is 22.4 Å². The second kappa shape index (κ2) is 7.82. The van der Waals surface area contributed by atoms with Crippen LogP contribution in [0.15, 0.2) is 41.8 Å². The van der Waals surface area contributed by atoms with Crippen LogP contribution in [0.3, 0.4) is 0 Å². The minimum Gasteiger partial charge on any atom is -0.420 e. The summed E-state index contributed by atoms with van der Waals surface area (Å²) in [5, 5.41) is 11.5. The third kappa shape index (κ3) is 4.64. The van der Waals surface area contributed by atoms with Gasteiger partial charge in [-0.25, -0.2) is 0 Å². The topological polar surface area (TPSA) is 51.9 Å². The van der Waals surface area contributed by atoms with E-state index in [0.717, 1.165) is 23.1 Å². The number of para-hydroxylation sites is 1. The van der Waals surface area contributed by atoms with Gasteiger partial charge >= 0.3 is 32.7 Å². The molecule has 0 unspecified atom stereocenters. The molecule has 6 heteroatoms. The standard InChI is InChI=1S/C10H11N4S.Y/c1-2-4-9(5-3-1)11-6-7-15-10-12-8-13-14-10;/h1-5,8,11H,6-7H2;/q-1;+3. The van der Waals surface area contributed by atoms with Crippen molar-refractivity contribution in [3.05, 3.63) is 36.7 Å². The average molecular weight is 308 g/mol. The number of aromatic nitrogens is 3. The molecule has 78 valence electrons. The summed E-state index contributed by atoms with van der Waals surface area (Å²) in [5.41, 5.74) is 1.14. The van der Waals surface area contributed by atoms with Crippen LogP contribution in [-0.2, 0) is 32.7 Å². The molecular weight excluding hydrogens is 297 g/mol. The maximum atomic E-state index is 3.97. The Balaban J connectivity index is 0.00000128. The summed E-state index contributed by atoms with van der Waals surface area (Å²) in [4.78, 5) is 3.97. The number of nitrogens with one attached hydrogen (secondary N) is 1. The Labute approximate surface area is 124 Å². The van der Waals surface area contributed by atoms with Gasteiger partial charge in [0, 0.05) is 18.0 Å². The fraction of sp³-hybridized carbons (Fsp3) is 0.200. The van der Waals surface area contributed by atoms with Crippen LogP contribution in [0.2, 0.25) is 0 Å². The van der Waals surface area contributed by atoms with Gasteiger partial charge in [0.1, 0.15) is 0 Å². The van der Waals surface area contributed by atoms with E-state index in [0.29, 0.717) is 0 Å². The summed E-state index contributed by atoms with van der Waals surface area (Å²) in [6, 6.07) is 10.1. The van der Waals surface area contributed by atoms with Gasteiger partial charge in [0.05, 0.1) is 5.16 Å². The molecule has 0 radical (unpaired) electrons. The first-order valence-corrected chi connectivity index (χ1v) is 5.66. The monoisotopic (exact) mass is 308 g/mol. The zero-order valence-corrected chi connectivity index (χ0v) is 12.4. The van der Waals surface area contributed by atoms with Gasteiger partial charge in [-0.15, -0.1) is 11.8 Å². The first-order valence-electron chi connectivity index (χ1n) is 4.67. The third-order valence-corrected chi connectivity index (χ3v) is 2.65. The number of hydrogen-bond donors (Lipinski definition) is 1. The Kier molecular flexibility index (Phi) is 6.68. The van der Waals surface area contributed by atoms with E-state index in [4.69, 9.17) is 0 Å². The quantitative estimate of drug-likeness (QED) is 0.672. The zero-order chi connectivity index (χ0) is 10.3. The summed E-state index contributed by atoms with van der Waals surface area (Å²) in [5.74, 6) is 0.931. The second-order valence-corrected chi connectivity index (χ2v) is 3.95. The number of rotatable bonds is 5. The molecule has 1 aromatic heterocycles. The van der Waals surface area contributed by atoms with E-state index >= 15 is 0 Å². The number of thioether (sulfide) groups is 1. The maximum Gasteiger partial charge on any atom is 3.00 e. The molecule has 0 bridgehead atoms. The summed E-state index contributed by atoms with van der Waals surface area (Å²) in [7, 11) is 0.